The van der Waals surface area contributed by atoms with Gasteiger partial charge in [-0.1, -0.05) is 72.8 Å². The van der Waals surface area contributed by atoms with E-state index in [1.807, 2.05) is 84.9 Å². The van der Waals surface area contributed by atoms with Gasteiger partial charge in [-0.15, -0.1) is 0 Å². The van der Waals surface area contributed by atoms with Crippen molar-refractivity contribution in [3.8, 4) is 5.75 Å². The molecule has 0 unspecified atom stereocenters. The van der Waals surface area contributed by atoms with Crippen LogP contribution in [-0.2, 0) is 4.79 Å². The van der Waals surface area contributed by atoms with Gasteiger partial charge in [0.15, 0.2) is 0 Å². The molecule has 150 valence electrons. The summed E-state index contributed by atoms with van der Waals surface area (Å²) >= 11 is 0. The van der Waals surface area contributed by atoms with Crippen LogP contribution in [0.5, 0.6) is 5.75 Å². The highest BCUT2D eigenvalue weighted by Crippen LogP contribution is 2.36. The van der Waals surface area contributed by atoms with E-state index in [4.69, 9.17) is 4.74 Å². The van der Waals surface area contributed by atoms with E-state index in [-0.39, 0.29) is 5.91 Å². The van der Waals surface area contributed by atoms with Gasteiger partial charge in [-0.05, 0) is 58.3 Å². The Labute approximate surface area is 181 Å². The van der Waals surface area contributed by atoms with E-state index < -0.39 is 0 Å². The van der Waals surface area contributed by atoms with Crippen molar-refractivity contribution in [3.05, 3.63) is 120 Å². The van der Waals surface area contributed by atoms with E-state index >= 15 is 0 Å². The smallest absolute Gasteiger partial charge is 0.262 e. The minimum atomic E-state index is -0.0371. The average molecular weight is 403 g/mol. The van der Waals surface area contributed by atoms with Crippen molar-refractivity contribution in [1.82, 2.24) is 0 Å². The highest BCUT2D eigenvalue weighted by atomic mass is 16.5. The molecule has 3 nitrogen and oxygen atoms in total. The van der Waals surface area contributed by atoms with Gasteiger partial charge in [0.1, 0.15) is 5.75 Å². The fourth-order valence-corrected chi connectivity index (χ4v) is 3.89. The number of rotatable bonds is 4. The SMILES string of the molecule is COc1ccc(/C=C2\C=C(c3ccccc3)N(c3ccc4ccccc4c3)C2=O)cc1. The van der Waals surface area contributed by atoms with Crippen LogP contribution >= 0.6 is 0 Å². The van der Waals surface area contributed by atoms with Crippen LogP contribution in [0.3, 0.4) is 0 Å². The van der Waals surface area contributed by atoms with E-state index in [0.29, 0.717) is 5.57 Å². The predicted octanol–water partition coefficient (Wildman–Crippen LogP) is 6.32. The number of fused-ring (bicyclic) bond motifs is 1. The molecule has 0 fully saturated rings. The van der Waals surface area contributed by atoms with Gasteiger partial charge in [0, 0.05) is 11.3 Å². The molecular formula is C28H21NO2. The van der Waals surface area contributed by atoms with E-state index in [9.17, 15) is 4.79 Å². The third kappa shape index (κ3) is 3.62. The van der Waals surface area contributed by atoms with Gasteiger partial charge in [0.25, 0.3) is 5.91 Å². The van der Waals surface area contributed by atoms with E-state index in [1.165, 1.54) is 0 Å². The number of nitrogens with zero attached hydrogens (tertiary/aromatic N) is 1. The minimum Gasteiger partial charge on any atom is -0.497 e. The second-order valence-corrected chi connectivity index (χ2v) is 7.44. The Kier molecular flexibility index (Phi) is 4.85. The molecule has 0 aliphatic carbocycles. The van der Waals surface area contributed by atoms with Crippen LogP contribution in [0.4, 0.5) is 5.69 Å². The summed E-state index contributed by atoms with van der Waals surface area (Å²) in [6.45, 7) is 0. The lowest BCUT2D eigenvalue weighted by Crippen LogP contribution is -2.24. The molecule has 4 aromatic carbocycles. The molecule has 1 amide bonds. The monoisotopic (exact) mass is 403 g/mol. The Balaban J connectivity index is 1.61. The fraction of sp³-hybridized carbons (Fsp3) is 0.0357. The van der Waals surface area contributed by atoms with Crippen LogP contribution in [0.2, 0.25) is 0 Å². The molecule has 0 bridgehead atoms. The Morgan fingerprint density at radius 2 is 1.48 bits per heavy atom. The summed E-state index contributed by atoms with van der Waals surface area (Å²) in [5.74, 6) is 0.753. The normalized spacial score (nSPS) is 14.9. The number of carbonyl (C=O) groups excluding carboxylic acids is 1. The number of amides is 1. The summed E-state index contributed by atoms with van der Waals surface area (Å²) in [5, 5.41) is 2.25. The lowest BCUT2D eigenvalue weighted by molar-refractivity contribution is -0.113. The zero-order valence-corrected chi connectivity index (χ0v) is 17.2. The maximum absolute atomic E-state index is 13.5. The van der Waals surface area contributed by atoms with Crippen LogP contribution in [0.15, 0.2) is 109 Å². The van der Waals surface area contributed by atoms with Crippen molar-refractivity contribution < 1.29 is 9.53 Å². The Morgan fingerprint density at radius 1 is 0.774 bits per heavy atom. The Hall–Kier alpha value is -4.11. The van der Waals surface area contributed by atoms with Gasteiger partial charge in [0.2, 0.25) is 0 Å². The summed E-state index contributed by atoms with van der Waals surface area (Å²) in [6, 6.07) is 32.0. The maximum Gasteiger partial charge on any atom is 0.262 e. The van der Waals surface area contributed by atoms with Crippen LogP contribution in [0.1, 0.15) is 11.1 Å². The third-order valence-electron chi connectivity index (χ3n) is 5.48. The molecule has 3 heteroatoms. The molecular weight excluding hydrogens is 382 g/mol. The highest BCUT2D eigenvalue weighted by Gasteiger charge is 2.30. The van der Waals surface area contributed by atoms with Crippen LogP contribution < -0.4 is 9.64 Å². The van der Waals surface area contributed by atoms with Crippen LogP contribution in [-0.4, -0.2) is 13.0 Å². The molecule has 0 aromatic heterocycles. The number of methoxy groups -OCH3 is 1. The van der Waals surface area contributed by atoms with E-state index in [2.05, 4.69) is 24.3 Å². The van der Waals surface area contributed by atoms with Crippen molar-refractivity contribution in [2.45, 2.75) is 0 Å². The molecule has 1 heterocycles. The first-order valence-corrected chi connectivity index (χ1v) is 10.2. The molecule has 0 radical (unpaired) electrons. The topological polar surface area (TPSA) is 29.5 Å². The highest BCUT2D eigenvalue weighted by molar-refractivity contribution is 6.23. The van der Waals surface area contributed by atoms with Gasteiger partial charge in [-0.2, -0.15) is 0 Å². The lowest BCUT2D eigenvalue weighted by atomic mass is 10.1. The first-order valence-electron chi connectivity index (χ1n) is 10.2. The molecule has 1 aliphatic heterocycles. The predicted molar refractivity (Wildman–Crippen MR) is 127 cm³/mol. The standard InChI is InChI=1S/C28H21NO2/c1-31-26-15-11-20(12-16-26)17-24-19-27(22-8-3-2-4-9-22)29(28(24)30)25-14-13-21-7-5-6-10-23(21)18-25/h2-19H,1H3/b24-17+. The number of anilines is 1. The second-order valence-electron chi connectivity index (χ2n) is 7.44. The van der Waals surface area contributed by atoms with Crippen LogP contribution in [0, 0.1) is 0 Å². The molecule has 0 saturated heterocycles. The quantitative estimate of drug-likeness (QED) is 0.373. The Bertz CT molecular complexity index is 1320. The first kappa shape index (κ1) is 18.9. The fourth-order valence-electron chi connectivity index (χ4n) is 3.89. The van der Waals surface area contributed by atoms with Gasteiger partial charge in [-0.25, -0.2) is 0 Å². The number of hydrogen-bond donors (Lipinski definition) is 0. The van der Waals surface area contributed by atoms with E-state index in [0.717, 1.165) is 39.0 Å². The molecule has 0 spiro atoms. The lowest BCUT2D eigenvalue weighted by Gasteiger charge is -2.21. The van der Waals surface area contributed by atoms with Gasteiger partial charge >= 0.3 is 0 Å². The van der Waals surface area contributed by atoms with Gasteiger partial charge in [0.05, 0.1) is 12.8 Å². The number of hydrogen-bond acceptors (Lipinski definition) is 2. The van der Waals surface area contributed by atoms with E-state index in [1.54, 1.807) is 12.0 Å². The molecule has 1 aliphatic rings. The van der Waals surface area contributed by atoms with Crippen LogP contribution in [0.25, 0.3) is 22.5 Å². The zero-order chi connectivity index (χ0) is 21.2. The van der Waals surface area contributed by atoms with Crippen molar-refractivity contribution >= 4 is 34.1 Å². The summed E-state index contributed by atoms with van der Waals surface area (Å²) in [7, 11) is 1.64. The summed E-state index contributed by atoms with van der Waals surface area (Å²) in [4.78, 5) is 15.3. The van der Waals surface area contributed by atoms with Crippen molar-refractivity contribution in [2.24, 2.45) is 0 Å². The third-order valence-corrected chi connectivity index (χ3v) is 5.48. The molecule has 31 heavy (non-hydrogen) atoms. The maximum atomic E-state index is 13.5. The van der Waals surface area contributed by atoms with Gasteiger partial charge < -0.3 is 4.74 Å². The number of ether oxygens (including phenoxy) is 1. The largest absolute Gasteiger partial charge is 0.497 e. The van der Waals surface area contributed by atoms with Crippen molar-refractivity contribution in [1.29, 1.82) is 0 Å². The molecule has 4 aromatic rings. The summed E-state index contributed by atoms with van der Waals surface area (Å²) < 4.78 is 5.24. The Morgan fingerprint density at radius 3 is 2.23 bits per heavy atom. The van der Waals surface area contributed by atoms with Crippen molar-refractivity contribution in [3.63, 3.8) is 0 Å². The first-order chi connectivity index (χ1) is 15.2. The second kappa shape index (κ2) is 7.96. The molecule has 0 N–H and O–H groups in total. The zero-order valence-electron chi connectivity index (χ0n) is 17.2. The molecule has 0 atom stereocenters. The molecule has 5 rings (SSSR count). The molecule has 0 saturated carbocycles. The summed E-state index contributed by atoms with van der Waals surface area (Å²) in [6.07, 6.45) is 3.89. The minimum absolute atomic E-state index is 0.0371. The van der Waals surface area contributed by atoms with Crippen molar-refractivity contribution in [2.75, 3.05) is 12.0 Å². The summed E-state index contributed by atoms with van der Waals surface area (Å²) in [5.41, 5.74) is 4.34. The van der Waals surface area contributed by atoms with Gasteiger partial charge in [-0.3, -0.25) is 9.69 Å². The number of carbonyl (C=O) groups is 1. The number of benzene rings is 4. The average Bonchev–Trinajstić information content (AvgIpc) is 3.15.